The van der Waals surface area contributed by atoms with E-state index in [1.54, 1.807) is 0 Å². The van der Waals surface area contributed by atoms with Gasteiger partial charge in [0.25, 0.3) is 0 Å². The molecule has 0 aromatic heterocycles. The van der Waals surface area contributed by atoms with Gasteiger partial charge < -0.3 is 0 Å². The van der Waals surface area contributed by atoms with Crippen molar-refractivity contribution in [2.75, 3.05) is 0 Å². The Balaban J connectivity index is 0.000000370. The molecule has 0 saturated heterocycles. The molecule has 0 spiro atoms. The van der Waals surface area contributed by atoms with Crippen LogP contribution >= 0.6 is 0 Å². The van der Waals surface area contributed by atoms with E-state index >= 15 is 0 Å². The summed E-state index contributed by atoms with van der Waals surface area (Å²) < 4.78 is 3.06. The van der Waals surface area contributed by atoms with Crippen LogP contribution in [0.1, 0.15) is 0 Å². The molecule has 24 heavy (non-hydrogen) atoms. The summed E-state index contributed by atoms with van der Waals surface area (Å²) in [6.07, 6.45) is 0. The molecule has 0 atom stereocenters. The van der Waals surface area contributed by atoms with Crippen molar-refractivity contribution < 1.29 is 34.1 Å². The predicted molar refractivity (Wildman–Crippen MR) is 98.9 cm³/mol. The van der Waals surface area contributed by atoms with Crippen molar-refractivity contribution in [2.45, 2.75) is 0 Å². The summed E-state index contributed by atoms with van der Waals surface area (Å²) in [5.41, 5.74) is 0. The van der Waals surface area contributed by atoms with E-state index in [0.29, 0.717) is 26.3 Å². The Morgan fingerprint density at radius 3 is 0.958 bits per heavy atom. The number of rotatable bonds is 3. The van der Waals surface area contributed by atoms with Crippen LogP contribution in [-0.4, -0.2) is 26.3 Å². The van der Waals surface area contributed by atoms with Gasteiger partial charge in [-0.05, 0) is 0 Å². The van der Waals surface area contributed by atoms with Gasteiger partial charge in [-0.15, -0.1) is 0 Å². The van der Waals surface area contributed by atoms with Crippen LogP contribution in [0, 0.1) is 0 Å². The zero-order chi connectivity index (χ0) is 15.3. The molecule has 4 aromatic rings. The molecule has 4 rings (SSSR count). The average Bonchev–Trinajstić information content (AvgIpc) is 3.41. The third-order valence-corrected chi connectivity index (χ3v) is 9.84. The molecular weight excluding hydrogens is 510 g/mol. The van der Waals surface area contributed by atoms with Crippen molar-refractivity contribution >= 4 is 35.2 Å². The summed E-state index contributed by atoms with van der Waals surface area (Å²) in [6.45, 7) is 0. The monoisotopic (exact) mass is 530 g/mol. The molecule has 0 aliphatic carbocycles. The first-order valence-corrected chi connectivity index (χ1v) is 13.1. The van der Waals surface area contributed by atoms with Crippen LogP contribution < -0.4 is 8.92 Å². The maximum Gasteiger partial charge on any atom is -0.172 e. The van der Waals surface area contributed by atoms with E-state index in [1.165, 1.54) is 8.92 Å². The first kappa shape index (κ1) is 23.5. The largest absolute Gasteiger partial charge is 0.214 e. The maximum atomic E-state index is 2.23. The molecule has 0 fully saturated rings. The van der Waals surface area contributed by atoms with E-state index in [1.807, 2.05) is 60.7 Å². The minimum atomic E-state index is 0. The molecule has 126 valence electrons. The molecule has 0 amide bonds. The fourth-order valence-electron chi connectivity index (χ4n) is 1.56. The normalized spacial score (nSPS) is 8.50. The molecule has 0 nitrogen and oxygen atoms in total. The zero-order valence-corrected chi connectivity index (χ0v) is 18.6. The Morgan fingerprint density at radius 1 is 0.458 bits per heavy atom. The van der Waals surface area contributed by atoms with Gasteiger partial charge >= 0.3 is 118 Å². The molecule has 0 N–H and O–H groups in total. The van der Waals surface area contributed by atoms with Gasteiger partial charge in [0.05, 0.1) is 0 Å². The molecule has 0 saturated carbocycles. The van der Waals surface area contributed by atoms with E-state index in [2.05, 4.69) is 48.5 Å². The maximum absolute atomic E-state index is 2.23. The smallest absolute Gasteiger partial charge is 0.172 e. The van der Waals surface area contributed by atoms with Crippen molar-refractivity contribution in [2.24, 2.45) is 0 Å². The second-order valence-electron chi connectivity index (χ2n) is 4.33. The van der Waals surface area contributed by atoms with Crippen LogP contribution in [0.5, 0.6) is 0 Å². The van der Waals surface area contributed by atoms with Gasteiger partial charge in [0.15, 0.2) is 0 Å². The van der Waals surface area contributed by atoms with Gasteiger partial charge in [-0.3, -0.25) is 0 Å². The van der Waals surface area contributed by atoms with Gasteiger partial charge in [0, 0.05) is 0 Å². The predicted octanol–water partition coefficient (Wildman–Crippen LogP) is 3.20. The Bertz CT molecular complexity index is 542. The summed E-state index contributed by atoms with van der Waals surface area (Å²) >= 11 is 1.37. The van der Waals surface area contributed by atoms with E-state index < -0.39 is 0 Å². The Kier molecular flexibility index (Phi) is 15.6. The SMILES string of the molecule is [Fe+2].[Fe+2].c1cc[c-]([Se][Se][c-]2cccc2)c1.c1cc[cH-]c1.c1cc[cH-]c1. The second-order valence-corrected chi connectivity index (χ2v) is 10.6. The van der Waals surface area contributed by atoms with E-state index in [9.17, 15) is 0 Å². The third kappa shape index (κ3) is 11.1. The Labute approximate surface area is 177 Å². The minimum Gasteiger partial charge on any atom is -0.214 e. The molecule has 4 aromatic carbocycles. The van der Waals surface area contributed by atoms with E-state index in [-0.39, 0.29) is 34.1 Å². The van der Waals surface area contributed by atoms with E-state index in [0.717, 1.165) is 0 Å². The fourth-order valence-corrected chi connectivity index (χ4v) is 7.61. The molecule has 0 bridgehead atoms. The molecule has 0 aliphatic heterocycles. The van der Waals surface area contributed by atoms with Gasteiger partial charge in [-0.25, -0.2) is 24.3 Å². The first-order chi connectivity index (χ1) is 10.9. The van der Waals surface area contributed by atoms with Gasteiger partial charge in [0.2, 0.25) is 0 Å². The number of hydrogen-bond donors (Lipinski definition) is 0. The summed E-state index contributed by atoms with van der Waals surface area (Å²) in [4.78, 5) is 0. The molecular formula is C20H18Fe2Se2. The molecule has 0 unspecified atom stereocenters. The molecule has 0 aliphatic rings. The first-order valence-electron chi connectivity index (χ1n) is 7.06. The summed E-state index contributed by atoms with van der Waals surface area (Å²) in [5, 5.41) is 0. The average molecular weight is 528 g/mol. The van der Waals surface area contributed by atoms with Crippen molar-refractivity contribution in [1.29, 1.82) is 0 Å². The third-order valence-electron chi connectivity index (χ3n) is 2.61. The Hall–Kier alpha value is -0.522. The van der Waals surface area contributed by atoms with Gasteiger partial charge in [-0.2, -0.15) is 36.4 Å². The van der Waals surface area contributed by atoms with Crippen molar-refractivity contribution in [3.8, 4) is 0 Å². The van der Waals surface area contributed by atoms with Crippen molar-refractivity contribution in [1.82, 2.24) is 0 Å². The van der Waals surface area contributed by atoms with Gasteiger partial charge in [-0.1, -0.05) is 0 Å². The molecule has 0 heterocycles. The summed E-state index contributed by atoms with van der Waals surface area (Å²) in [7, 11) is 0. The second kappa shape index (κ2) is 16.0. The fraction of sp³-hybridized carbons (Fsp3) is 0. The standard InChI is InChI=1S/C10H8Se2.2C5H5.2Fe/c1-2-6-9(5-1)11-12-10-7-3-4-8-10;2*1-2-4-5-3-1;;/h1-8H;2*1-5H;;/q-2;2*-1;2*+2. The summed E-state index contributed by atoms with van der Waals surface area (Å²) in [5.74, 6) is 0. The van der Waals surface area contributed by atoms with Crippen LogP contribution in [0.15, 0.2) is 109 Å². The van der Waals surface area contributed by atoms with Crippen LogP contribution in [-0.2, 0) is 34.1 Å². The number of hydrogen-bond acceptors (Lipinski definition) is 0. The van der Waals surface area contributed by atoms with Crippen LogP contribution in [0.2, 0.25) is 0 Å². The van der Waals surface area contributed by atoms with Crippen molar-refractivity contribution in [3.63, 3.8) is 0 Å². The topological polar surface area (TPSA) is 0 Å². The van der Waals surface area contributed by atoms with Crippen LogP contribution in [0.25, 0.3) is 0 Å². The quantitative estimate of drug-likeness (QED) is 0.284. The van der Waals surface area contributed by atoms with E-state index in [4.69, 9.17) is 0 Å². The summed E-state index contributed by atoms with van der Waals surface area (Å²) in [6, 6.07) is 37.4. The van der Waals surface area contributed by atoms with Crippen LogP contribution in [0.4, 0.5) is 0 Å². The van der Waals surface area contributed by atoms with Crippen molar-refractivity contribution in [3.05, 3.63) is 109 Å². The molecule has 0 radical (unpaired) electrons. The minimum absolute atomic E-state index is 0. The molecule has 4 heteroatoms. The van der Waals surface area contributed by atoms with Gasteiger partial charge in [0.1, 0.15) is 0 Å². The van der Waals surface area contributed by atoms with Crippen LogP contribution in [0.3, 0.4) is 0 Å². The Morgan fingerprint density at radius 2 is 0.750 bits per heavy atom. The zero-order valence-electron chi connectivity index (χ0n) is 12.9.